The number of nitrogens with zero attached hydrogens (tertiary/aromatic N) is 2. The Bertz CT molecular complexity index is 565. The lowest BCUT2D eigenvalue weighted by Gasteiger charge is -2.32. The van der Waals surface area contributed by atoms with Gasteiger partial charge in [0.15, 0.2) is 0 Å². The molecule has 2 rings (SSSR count). The van der Waals surface area contributed by atoms with E-state index in [9.17, 15) is 14.7 Å². The van der Waals surface area contributed by atoms with Gasteiger partial charge in [-0.1, -0.05) is 34.8 Å². The largest absolute Gasteiger partial charge is 0.480 e. The van der Waals surface area contributed by atoms with E-state index in [0.29, 0.717) is 13.0 Å². The summed E-state index contributed by atoms with van der Waals surface area (Å²) >= 11 is 17.6. The first-order valence-corrected chi connectivity index (χ1v) is 7.10. The Labute approximate surface area is 130 Å². The first-order chi connectivity index (χ1) is 9.43. The van der Waals surface area contributed by atoms with E-state index in [4.69, 9.17) is 34.8 Å². The van der Waals surface area contributed by atoms with Crippen molar-refractivity contribution in [1.29, 1.82) is 0 Å². The highest BCUT2D eigenvalue weighted by Gasteiger charge is 2.34. The van der Waals surface area contributed by atoms with E-state index in [0.717, 1.165) is 12.8 Å². The van der Waals surface area contributed by atoms with Gasteiger partial charge in [-0.2, -0.15) is 0 Å². The normalized spacial score (nSPS) is 18.9. The van der Waals surface area contributed by atoms with Crippen molar-refractivity contribution in [2.45, 2.75) is 25.3 Å². The van der Waals surface area contributed by atoms with Gasteiger partial charge >= 0.3 is 5.97 Å². The number of amides is 1. The van der Waals surface area contributed by atoms with Crippen LogP contribution >= 0.6 is 34.8 Å². The van der Waals surface area contributed by atoms with E-state index in [1.165, 1.54) is 11.1 Å². The summed E-state index contributed by atoms with van der Waals surface area (Å²) in [6.45, 7) is 0.355. The maximum atomic E-state index is 12.4. The van der Waals surface area contributed by atoms with E-state index < -0.39 is 17.9 Å². The van der Waals surface area contributed by atoms with Crippen molar-refractivity contribution in [2.24, 2.45) is 0 Å². The average molecular weight is 338 g/mol. The quantitative estimate of drug-likeness (QED) is 0.900. The third kappa shape index (κ3) is 2.85. The summed E-state index contributed by atoms with van der Waals surface area (Å²) in [5.41, 5.74) is -0.0748. The molecule has 5 nitrogen and oxygen atoms in total. The van der Waals surface area contributed by atoms with Gasteiger partial charge in [-0.15, -0.1) is 0 Å². The lowest BCUT2D eigenvalue weighted by atomic mass is 10.0. The molecule has 1 amide bonds. The molecule has 1 atom stereocenters. The second-order valence-corrected chi connectivity index (χ2v) is 5.59. The molecule has 1 aliphatic rings. The van der Waals surface area contributed by atoms with Crippen molar-refractivity contribution in [3.8, 4) is 0 Å². The van der Waals surface area contributed by atoms with Crippen LogP contribution in [0, 0.1) is 0 Å². The molecule has 0 radical (unpaired) electrons. The van der Waals surface area contributed by atoms with Crippen molar-refractivity contribution >= 4 is 46.7 Å². The lowest BCUT2D eigenvalue weighted by molar-refractivity contribution is -0.143. The number of pyridine rings is 1. The van der Waals surface area contributed by atoms with Gasteiger partial charge in [0.2, 0.25) is 0 Å². The molecule has 1 N–H and O–H groups in total. The summed E-state index contributed by atoms with van der Waals surface area (Å²) in [5.74, 6) is -1.57. The maximum Gasteiger partial charge on any atom is 0.326 e. The molecule has 8 heteroatoms. The van der Waals surface area contributed by atoms with Crippen molar-refractivity contribution in [3.63, 3.8) is 0 Å². The molecule has 0 saturated carbocycles. The number of carboxylic acids is 1. The van der Waals surface area contributed by atoms with E-state index in [-0.39, 0.29) is 20.8 Å². The Morgan fingerprint density at radius 3 is 2.60 bits per heavy atom. The second kappa shape index (κ2) is 6.16. The van der Waals surface area contributed by atoms with Gasteiger partial charge in [-0.25, -0.2) is 9.78 Å². The van der Waals surface area contributed by atoms with Crippen LogP contribution < -0.4 is 0 Å². The standard InChI is InChI=1S/C12H11Cl3N2O3/c13-6-5-16-10(9(15)8(6)14)11(18)17-4-2-1-3-7(17)12(19)20/h5,7H,1-4H2,(H,19,20)/t7-/m0/s1. The number of hydrogen-bond acceptors (Lipinski definition) is 3. The number of carboxylic acid groups (broad SMARTS) is 1. The Kier molecular flexibility index (Phi) is 4.73. The first-order valence-electron chi connectivity index (χ1n) is 5.96. The van der Waals surface area contributed by atoms with Gasteiger partial charge in [0.25, 0.3) is 5.91 Å². The number of aromatic nitrogens is 1. The van der Waals surface area contributed by atoms with E-state index in [1.807, 2.05) is 0 Å². The molecule has 108 valence electrons. The zero-order chi connectivity index (χ0) is 14.9. The predicted molar refractivity (Wildman–Crippen MR) is 75.6 cm³/mol. The molecule has 0 spiro atoms. The average Bonchev–Trinajstić information content (AvgIpc) is 2.44. The van der Waals surface area contributed by atoms with Gasteiger partial charge in [0.05, 0.1) is 15.1 Å². The van der Waals surface area contributed by atoms with E-state index >= 15 is 0 Å². The molecular weight excluding hydrogens is 327 g/mol. The fourth-order valence-electron chi connectivity index (χ4n) is 2.16. The highest BCUT2D eigenvalue weighted by molar-refractivity contribution is 6.48. The minimum Gasteiger partial charge on any atom is -0.480 e. The lowest BCUT2D eigenvalue weighted by Crippen LogP contribution is -2.48. The zero-order valence-electron chi connectivity index (χ0n) is 10.3. The SMILES string of the molecule is O=C(O)[C@@H]1CCCCN1C(=O)c1ncc(Cl)c(Cl)c1Cl. The highest BCUT2D eigenvalue weighted by Crippen LogP contribution is 2.32. The maximum absolute atomic E-state index is 12.4. The Morgan fingerprint density at radius 1 is 1.25 bits per heavy atom. The number of rotatable bonds is 2. The molecule has 1 saturated heterocycles. The third-order valence-electron chi connectivity index (χ3n) is 3.17. The predicted octanol–water partition coefficient (Wildman–Crippen LogP) is 3.12. The number of halogens is 3. The Morgan fingerprint density at radius 2 is 1.95 bits per heavy atom. The number of carbonyl (C=O) groups is 2. The van der Waals surface area contributed by atoms with Crippen molar-refractivity contribution < 1.29 is 14.7 Å². The molecule has 1 aromatic heterocycles. The van der Waals surface area contributed by atoms with Crippen molar-refractivity contribution in [2.75, 3.05) is 6.54 Å². The van der Waals surface area contributed by atoms with E-state index in [1.54, 1.807) is 0 Å². The fraction of sp³-hybridized carbons (Fsp3) is 0.417. The van der Waals surface area contributed by atoms with Crippen LogP contribution in [-0.2, 0) is 4.79 Å². The van der Waals surface area contributed by atoms with Crippen LogP contribution in [0.3, 0.4) is 0 Å². The topological polar surface area (TPSA) is 70.5 Å². The number of likely N-dealkylation sites (tertiary alicyclic amines) is 1. The van der Waals surface area contributed by atoms with Crippen LogP contribution in [0.15, 0.2) is 6.20 Å². The Hall–Kier alpha value is -1.04. The number of hydrogen-bond donors (Lipinski definition) is 1. The van der Waals surface area contributed by atoms with Crippen LogP contribution in [0.2, 0.25) is 15.1 Å². The molecule has 20 heavy (non-hydrogen) atoms. The summed E-state index contributed by atoms with van der Waals surface area (Å²) in [5, 5.41) is 9.30. The van der Waals surface area contributed by atoms with Crippen LogP contribution in [0.25, 0.3) is 0 Å². The smallest absolute Gasteiger partial charge is 0.326 e. The van der Waals surface area contributed by atoms with Crippen molar-refractivity contribution in [3.05, 3.63) is 27.0 Å². The Balaban J connectivity index is 2.35. The molecule has 1 aromatic rings. The van der Waals surface area contributed by atoms with Crippen LogP contribution in [0.1, 0.15) is 29.8 Å². The van der Waals surface area contributed by atoms with Crippen LogP contribution in [-0.4, -0.2) is 39.5 Å². The minimum absolute atomic E-state index is 0.0376. The molecule has 0 unspecified atom stereocenters. The van der Waals surface area contributed by atoms with E-state index in [2.05, 4.69) is 4.98 Å². The molecule has 0 aliphatic carbocycles. The summed E-state index contributed by atoms with van der Waals surface area (Å²) in [6.07, 6.45) is 3.15. The van der Waals surface area contributed by atoms with Crippen LogP contribution in [0.5, 0.6) is 0 Å². The molecule has 2 heterocycles. The number of piperidine rings is 1. The van der Waals surface area contributed by atoms with Gasteiger partial charge in [-0.3, -0.25) is 4.79 Å². The first kappa shape index (κ1) is 15.4. The molecule has 0 aromatic carbocycles. The fourth-order valence-corrected chi connectivity index (χ4v) is 2.72. The summed E-state index contributed by atoms with van der Waals surface area (Å²) in [4.78, 5) is 28.8. The van der Waals surface area contributed by atoms with Crippen LogP contribution in [0.4, 0.5) is 0 Å². The monoisotopic (exact) mass is 336 g/mol. The van der Waals surface area contributed by atoms with Gasteiger partial charge < -0.3 is 10.0 Å². The number of aliphatic carboxylic acids is 1. The van der Waals surface area contributed by atoms with Gasteiger partial charge in [0, 0.05) is 12.7 Å². The summed E-state index contributed by atoms with van der Waals surface area (Å²) in [7, 11) is 0. The molecule has 1 fully saturated rings. The summed E-state index contributed by atoms with van der Waals surface area (Å²) in [6, 6.07) is -0.858. The zero-order valence-corrected chi connectivity index (χ0v) is 12.5. The van der Waals surface area contributed by atoms with Gasteiger partial charge in [0.1, 0.15) is 11.7 Å². The molecule has 0 bridgehead atoms. The summed E-state index contributed by atoms with van der Waals surface area (Å²) < 4.78 is 0. The highest BCUT2D eigenvalue weighted by atomic mass is 35.5. The minimum atomic E-state index is -1.03. The second-order valence-electron chi connectivity index (χ2n) is 4.43. The van der Waals surface area contributed by atoms with Gasteiger partial charge in [-0.05, 0) is 19.3 Å². The third-order valence-corrected chi connectivity index (χ3v) is 4.41. The van der Waals surface area contributed by atoms with Crippen molar-refractivity contribution in [1.82, 2.24) is 9.88 Å². The number of carbonyl (C=O) groups excluding carboxylic acids is 1. The molecule has 1 aliphatic heterocycles. The molecular formula is C12H11Cl3N2O3.